The highest BCUT2D eigenvalue weighted by Gasteiger charge is 2.17. The Morgan fingerprint density at radius 3 is 2.55 bits per heavy atom. The normalized spacial score (nSPS) is 10.9. The highest BCUT2D eigenvalue weighted by atomic mass is 32.1. The summed E-state index contributed by atoms with van der Waals surface area (Å²) in [6.45, 7) is 1.98. The maximum atomic E-state index is 13.3. The quantitative estimate of drug-likeness (QED) is 0.347. The predicted octanol–water partition coefficient (Wildman–Crippen LogP) is 5.01. The fourth-order valence-electron chi connectivity index (χ4n) is 3.60. The van der Waals surface area contributed by atoms with Gasteiger partial charge in [0.05, 0.1) is 22.5 Å². The number of primary amides is 1. The number of pyridine rings is 1. The van der Waals surface area contributed by atoms with Gasteiger partial charge in [-0.25, -0.2) is 9.97 Å². The molecule has 5 aromatic rings. The van der Waals surface area contributed by atoms with Gasteiger partial charge in [0.2, 0.25) is 0 Å². The zero-order chi connectivity index (χ0) is 22.9. The molecule has 0 atom stereocenters. The van der Waals surface area contributed by atoms with Crippen LogP contribution in [-0.4, -0.2) is 26.8 Å². The van der Waals surface area contributed by atoms with Crippen LogP contribution in [0.4, 0.5) is 5.13 Å². The van der Waals surface area contributed by atoms with Crippen molar-refractivity contribution in [2.24, 2.45) is 5.73 Å². The molecule has 8 heteroatoms. The molecule has 4 N–H and O–H groups in total. The summed E-state index contributed by atoms with van der Waals surface area (Å²) in [7, 11) is 0. The third kappa shape index (κ3) is 4.11. The van der Waals surface area contributed by atoms with Crippen LogP contribution in [0.3, 0.4) is 0 Å². The van der Waals surface area contributed by atoms with Crippen LogP contribution in [0.5, 0.6) is 0 Å². The van der Waals surface area contributed by atoms with Gasteiger partial charge < -0.3 is 10.7 Å². The second-order valence-corrected chi connectivity index (χ2v) is 8.46. The van der Waals surface area contributed by atoms with Crippen molar-refractivity contribution in [3.05, 3.63) is 89.1 Å². The maximum absolute atomic E-state index is 13.3. The van der Waals surface area contributed by atoms with Crippen LogP contribution in [0, 0.1) is 6.92 Å². The van der Waals surface area contributed by atoms with Gasteiger partial charge in [-0.1, -0.05) is 42.0 Å². The van der Waals surface area contributed by atoms with Crippen molar-refractivity contribution < 1.29 is 9.59 Å². The minimum atomic E-state index is -0.543. The summed E-state index contributed by atoms with van der Waals surface area (Å²) < 4.78 is 0. The van der Waals surface area contributed by atoms with E-state index in [0.29, 0.717) is 22.1 Å². The highest BCUT2D eigenvalue weighted by molar-refractivity contribution is 7.14. The molecule has 0 fully saturated rings. The first kappa shape index (κ1) is 20.6. The molecule has 3 heterocycles. The molecule has 0 aliphatic heterocycles. The molecular weight excluding hydrogens is 434 g/mol. The number of carbonyl (C=O) groups excluding carboxylic acids is 2. The molecule has 0 aliphatic carbocycles. The van der Waals surface area contributed by atoms with Gasteiger partial charge in [0.25, 0.3) is 11.8 Å². The molecule has 0 radical (unpaired) electrons. The smallest absolute Gasteiger partial charge is 0.265 e. The number of carbonyl (C=O) groups is 2. The molecule has 0 saturated carbocycles. The Labute approximate surface area is 193 Å². The van der Waals surface area contributed by atoms with Crippen LogP contribution >= 0.6 is 11.3 Å². The van der Waals surface area contributed by atoms with E-state index >= 15 is 0 Å². The lowest BCUT2D eigenvalue weighted by Crippen LogP contribution is -2.13. The number of amides is 2. The lowest BCUT2D eigenvalue weighted by molar-refractivity contribution is 0.0994. The van der Waals surface area contributed by atoms with E-state index in [0.717, 1.165) is 33.3 Å². The van der Waals surface area contributed by atoms with E-state index in [2.05, 4.69) is 15.3 Å². The lowest BCUT2D eigenvalue weighted by Gasteiger charge is -2.10. The molecule has 2 aromatic carbocycles. The number of hydrogen-bond acceptors (Lipinski definition) is 5. The number of H-pyrrole nitrogens is 1. The number of anilines is 1. The van der Waals surface area contributed by atoms with Gasteiger partial charge in [-0.15, -0.1) is 11.3 Å². The van der Waals surface area contributed by atoms with Crippen LogP contribution in [0.1, 0.15) is 26.4 Å². The average molecular weight is 454 g/mol. The first-order valence-corrected chi connectivity index (χ1v) is 11.1. The Balaban J connectivity index is 1.50. The van der Waals surface area contributed by atoms with Crippen molar-refractivity contribution in [2.45, 2.75) is 6.92 Å². The van der Waals surface area contributed by atoms with E-state index in [9.17, 15) is 9.59 Å². The summed E-state index contributed by atoms with van der Waals surface area (Å²) in [5.41, 5.74) is 10.9. The zero-order valence-corrected chi connectivity index (χ0v) is 18.4. The number of rotatable bonds is 5. The summed E-state index contributed by atoms with van der Waals surface area (Å²) in [5.74, 6) is -0.808. The van der Waals surface area contributed by atoms with E-state index in [1.807, 2.05) is 66.9 Å². The number of nitrogens with zero attached hydrogens (tertiary/aromatic N) is 2. The third-order valence-corrected chi connectivity index (χ3v) is 6.00. The molecule has 0 saturated heterocycles. The molecule has 0 bridgehead atoms. The minimum Gasteiger partial charge on any atom is -0.364 e. The summed E-state index contributed by atoms with van der Waals surface area (Å²) in [6.07, 6.45) is 1.66. The Bertz CT molecular complexity index is 1500. The molecule has 3 aromatic heterocycles. The van der Waals surface area contributed by atoms with Crippen LogP contribution in [0.2, 0.25) is 0 Å². The van der Waals surface area contributed by atoms with Crippen molar-refractivity contribution in [3.63, 3.8) is 0 Å². The van der Waals surface area contributed by atoms with Crippen molar-refractivity contribution in [2.75, 3.05) is 5.32 Å². The van der Waals surface area contributed by atoms with E-state index in [-0.39, 0.29) is 5.91 Å². The first-order valence-electron chi connectivity index (χ1n) is 10.2. The topological polar surface area (TPSA) is 114 Å². The molecular formula is C25H19N5O2S. The Kier molecular flexibility index (Phi) is 5.20. The summed E-state index contributed by atoms with van der Waals surface area (Å²) in [4.78, 5) is 36.7. The van der Waals surface area contributed by atoms with Crippen LogP contribution in [-0.2, 0) is 0 Å². The van der Waals surface area contributed by atoms with E-state index in [1.165, 1.54) is 11.3 Å². The monoisotopic (exact) mass is 453 g/mol. The summed E-state index contributed by atoms with van der Waals surface area (Å²) in [6, 6.07) is 19.1. The number of nitrogens with two attached hydrogens (primary N) is 1. The number of benzene rings is 2. The second kappa shape index (κ2) is 8.33. The Morgan fingerprint density at radius 2 is 1.79 bits per heavy atom. The van der Waals surface area contributed by atoms with E-state index in [4.69, 9.17) is 10.7 Å². The molecule has 33 heavy (non-hydrogen) atoms. The van der Waals surface area contributed by atoms with E-state index in [1.54, 1.807) is 12.3 Å². The number of nitrogens with one attached hydrogen (secondary N) is 2. The number of fused-ring (bicyclic) bond motifs is 1. The van der Waals surface area contributed by atoms with Gasteiger partial charge in [0.1, 0.15) is 5.69 Å². The number of thiazole rings is 1. The van der Waals surface area contributed by atoms with Gasteiger partial charge >= 0.3 is 0 Å². The van der Waals surface area contributed by atoms with Crippen molar-refractivity contribution >= 4 is 39.2 Å². The predicted molar refractivity (Wildman–Crippen MR) is 130 cm³/mol. The van der Waals surface area contributed by atoms with Crippen LogP contribution in [0.15, 0.2) is 72.2 Å². The van der Waals surface area contributed by atoms with Crippen molar-refractivity contribution in [3.8, 4) is 22.5 Å². The average Bonchev–Trinajstić information content (AvgIpc) is 3.49. The number of aromatic amines is 1. The van der Waals surface area contributed by atoms with Gasteiger partial charge in [-0.3, -0.25) is 14.9 Å². The number of hydrogen-bond donors (Lipinski definition) is 3. The fourth-order valence-corrected chi connectivity index (χ4v) is 4.31. The van der Waals surface area contributed by atoms with Crippen LogP contribution in [0.25, 0.3) is 33.4 Å². The number of aryl methyl sites for hydroxylation is 1. The molecule has 0 aliphatic rings. The third-order valence-electron chi connectivity index (χ3n) is 5.25. The van der Waals surface area contributed by atoms with Crippen LogP contribution < -0.4 is 11.1 Å². The molecule has 2 amide bonds. The number of aromatic nitrogens is 3. The minimum absolute atomic E-state index is 0.266. The maximum Gasteiger partial charge on any atom is 0.265 e. The molecule has 162 valence electrons. The second-order valence-electron chi connectivity index (χ2n) is 7.60. The van der Waals surface area contributed by atoms with Gasteiger partial charge in [-0.2, -0.15) is 0 Å². The van der Waals surface area contributed by atoms with Crippen molar-refractivity contribution in [1.82, 2.24) is 15.0 Å². The SMILES string of the molecule is Cc1ccc2nc(-c3ccccc3)cc(C(=O)Nc3nc(-c4c[nH]c(C(N)=O)c4)cs3)c2c1. The zero-order valence-electron chi connectivity index (χ0n) is 17.6. The largest absolute Gasteiger partial charge is 0.364 e. The Morgan fingerprint density at radius 1 is 0.970 bits per heavy atom. The Hall–Kier alpha value is -4.30. The van der Waals surface area contributed by atoms with Gasteiger partial charge in [0, 0.05) is 28.1 Å². The molecule has 7 nitrogen and oxygen atoms in total. The molecule has 5 rings (SSSR count). The highest BCUT2D eigenvalue weighted by Crippen LogP contribution is 2.29. The summed E-state index contributed by atoms with van der Waals surface area (Å²) in [5, 5.41) is 5.95. The first-order chi connectivity index (χ1) is 16.0. The summed E-state index contributed by atoms with van der Waals surface area (Å²) >= 11 is 1.31. The lowest BCUT2D eigenvalue weighted by atomic mass is 10.0. The van der Waals surface area contributed by atoms with Gasteiger partial charge in [0.15, 0.2) is 5.13 Å². The molecule has 0 spiro atoms. The van der Waals surface area contributed by atoms with E-state index < -0.39 is 5.91 Å². The van der Waals surface area contributed by atoms with Gasteiger partial charge in [-0.05, 0) is 31.2 Å². The fraction of sp³-hybridized carbons (Fsp3) is 0.0400. The molecule has 0 unspecified atom stereocenters. The standard InChI is InChI=1S/C25H19N5O2S/c1-14-7-8-19-17(9-14)18(11-20(28-19)15-5-3-2-4-6-15)24(32)30-25-29-22(13-33-25)16-10-21(23(26)31)27-12-16/h2-13,27H,1H3,(H2,26,31)(H,29,30,32). The van der Waals surface area contributed by atoms with Crippen molar-refractivity contribution in [1.29, 1.82) is 0 Å².